The van der Waals surface area contributed by atoms with Gasteiger partial charge >= 0.3 is 5.97 Å². The predicted octanol–water partition coefficient (Wildman–Crippen LogP) is -1.05. The molecule has 1 radical (unpaired) electrons. The van der Waals surface area contributed by atoms with Crippen molar-refractivity contribution in [1.29, 1.82) is 0 Å². The minimum Gasteiger partial charge on any atom is -0.480 e. The minimum absolute atomic E-state index is 0.220. The van der Waals surface area contributed by atoms with Crippen LogP contribution in [-0.2, 0) is 9.53 Å². The maximum absolute atomic E-state index is 10.8. The van der Waals surface area contributed by atoms with Crippen LogP contribution in [0.3, 0.4) is 0 Å². The van der Waals surface area contributed by atoms with E-state index in [1.165, 1.54) is 17.2 Å². The molecule has 2 aromatic rings. The molecule has 11 nitrogen and oxygen atoms in total. The highest BCUT2D eigenvalue weighted by molar-refractivity contribution is 6.57. The first-order valence-corrected chi connectivity index (χ1v) is 10.9. The summed E-state index contributed by atoms with van der Waals surface area (Å²) in [5.41, 5.74) is 12.1. The summed E-state index contributed by atoms with van der Waals surface area (Å²) in [5, 5.41) is 29.7. The molecule has 1 aliphatic heterocycles. The van der Waals surface area contributed by atoms with E-state index in [9.17, 15) is 15.0 Å². The first-order chi connectivity index (χ1) is 12.8. The van der Waals surface area contributed by atoms with Crippen molar-refractivity contribution < 1.29 is 24.9 Å². The van der Waals surface area contributed by atoms with E-state index in [1.54, 1.807) is 0 Å². The topological polar surface area (TPSA) is 183 Å². The molecule has 1 unspecified atom stereocenters. The van der Waals surface area contributed by atoms with Crippen molar-refractivity contribution in [2.45, 2.75) is 55.6 Å². The first-order valence-electron chi connectivity index (χ1n) is 8.54. The van der Waals surface area contributed by atoms with Crippen LogP contribution >= 0.6 is 0 Å². The number of hydrogen-bond donors (Lipinski definition) is 5. The summed E-state index contributed by atoms with van der Waals surface area (Å²) in [6.07, 6.45) is -0.523. The Kier molecular flexibility index (Phi) is 5.71. The average Bonchev–Trinajstić information content (AvgIpc) is 3.17. The van der Waals surface area contributed by atoms with E-state index in [1.807, 2.05) is 6.55 Å². The third kappa shape index (κ3) is 3.94. The van der Waals surface area contributed by atoms with Crippen LogP contribution in [-0.4, -0.2) is 74.0 Å². The van der Waals surface area contributed by atoms with Crippen LogP contribution in [0.2, 0.25) is 18.6 Å². The number of carboxylic acids is 1. The predicted molar refractivity (Wildman–Crippen MR) is 97.1 cm³/mol. The first kappa shape index (κ1) is 19.6. The number of imidazole rings is 1. The van der Waals surface area contributed by atoms with Gasteiger partial charge in [-0.15, -0.1) is 0 Å². The lowest BCUT2D eigenvalue weighted by Crippen LogP contribution is -2.34. The van der Waals surface area contributed by atoms with Crippen LogP contribution in [0.25, 0.3) is 11.2 Å². The molecule has 1 saturated heterocycles. The summed E-state index contributed by atoms with van der Waals surface area (Å²) in [5.74, 6) is -0.803. The molecule has 3 heterocycles. The number of carboxylic acid groups (broad SMARTS) is 1. The van der Waals surface area contributed by atoms with Gasteiger partial charge in [0.15, 0.2) is 17.7 Å². The van der Waals surface area contributed by atoms with Crippen molar-refractivity contribution in [3.63, 3.8) is 0 Å². The van der Waals surface area contributed by atoms with E-state index in [-0.39, 0.29) is 5.82 Å². The number of anilines is 1. The third-order valence-electron chi connectivity index (χ3n) is 4.75. The Morgan fingerprint density at radius 2 is 2.11 bits per heavy atom. The third-order valence-corrected chi connectivity index (χ3v) is 6.99. The van der Waals surface area contributed by atoms with Gasteiger partial charge < -0.3 is 31.5 Å². The Balaban J connectivity index is 1.68. The van der Waals surface area contributed by atoms with Gasteiger partial charge in [-0.25, -0.2) is 15.0 Å². The lowest BCUT2D eigenvalue weighted by Gasteiger charge is -2.19. The van der Waals surface area contributed by atoms with Crippen molar-refractivity contribution in [3.05, 3.63) is 12.7 Å². The Hall–Kier alpha value is -2.12. The quantitative estimate of drug-likeness (QED) is 0.363. The maximum Gasteiger partial charge on any atom is 0.320 e. The molecule has 0 aromatic carbocycles. The number of aliphatic hydroxyl groups excluding tert-OH is 2. The van der Waals surface area contributed by atoms with Crippen LogP contribution in [0.4, 0.5) is 5.82 Å². The summed E-state index contributed by atoms with van der Waals surface area (Å²) < 4.78 is 7.43. The molecule has 5 atom stereocenters. The van der Waals surface area contributed by atoms with Gasteiger partial charge in [0, 0.05) is 8.80 Å². The maximum atomic E-state index is 10.8. The second-order valence-corrected chi connectivity index (χ2v) is 9.60. The number of carbonyl (C=O) groups is 1. The number of aliphatic carboxylic acids is 1. The molecular weight excluding hydrogens is 372 g/mol. The lowest BCUT2D eigenvalue weighted by molar-refractivity contribution is -0.138. The highest BCUT2D eigenvalue weighted by Crippen LogP contribution is 2.34. The number of nitrogens with two attached hydrogens (primary N) is 2. The van der Waals surface area contributed by atoms with Gasteiger partial charge in [0.05, 0.1) is 12.4 Å². The van der Waals surface area contributed by atoms with Gasteiger partial charge in [-0.05, 0) is 12.5 Å². The van der Waals surface area contributed by atoms with Gasteiger partial charge in [0.2, 0.25) is 0 Å². The normalized spacial score (nSPS) is 26.7. The molecular formula is C15H23N6O5Si. The van der Waals surface area contributed by atoms with Gasteiger partial charge in [-0.2, -0.15) is 0 Å². The molecule has 1 aliphatic rings. The number of aromatic nitrogens is 4. The minimum atomic E-state index is -1.15. The smallest absolute Gasteiger partial charge is 0.320 e. The highest BCUT2D eigenvalue weighted by Gasteiger charge is 2.44. The Morgan fingerprint density at radius 1 is 1.37 bits per heavy atom. The summed E-state index contributed by atoms with van der Waals surface area (Å²) in [7, 11) is -1.01. The highest BCUT2D eigenvalue weighted by atomic mass is 28.3. The average molecular weight is 395 g/mol. The van der Waals surface area contributed by atoms with Gasteiger partial charge in [-0.1, -0.05) is 12.6 Å². The molecule has 0 amide bonds. The van der Waals surface area contributed by atoms with Crippen molar-refractivity contribution in [2.24, 2.45) is 5.73 Å². The molecule has 0 saturated carbocycles. The van der Waals surface area contributed by atoms with Gasteiger partial charge in [0.1, 0.15) is 30.1 Å². The number of fused-ring (bicyclic) bond motifs is 1. The standard InChI is InChI=1S/C15H23N6O5Si/c1-27(3-2-7(16)15(24)25)4-8-10(22)11(23)14(26-8)21-6-20-9-12(17)18-5-19-13(9)21/h5-8,10-11,14,22-23H,2-4,16H2,1H3,(H,24,25)(H2,17,18,19)/t7-,8+,10?,11-,14+/m0/s1. The van der Waals surface area contributed by atoms with Crippen LogP contribution < -0.4 is 11.5 Å². The largest absolute Gasteiger partial charge is 0.480 e. The fourth-order valence-corrected chi connectivity index (χ4v) is 5.19. The molecule has 12 heteroatoms. The SMILES string of the molecule is C[Si](CC[C@H](N)C(=O)O)C[C@H]1O[C@@H](n2cnc3c(N)ncnc32)[C@@H](O)C1O. The molecule has 147 valence electrons. The van der Waals surface area contributed by atoms with Crippen molar-refractivity contribution in [1.82, 2.24) is 19.5 Å². The van der Waals surface area contributed by atoms with E-state index in [0.717, 1.165) is 0 Å². The number of rotatable bonds is 7. The number of ether oxygens (including phenoxy) is 1. The Morgan fingerprint density at radius 3 is 2.81 bits per heavy atom. The van der Waals surface area contributed by atoms with Crippen molar-refractivity contribution >= 4 is 31.7 Å². The zero-order valence-corrected chi connectivity index (χ0v) is 15.8. The van der Waals surface area contributed by atoms with Crippen molar-refractivity contribution in [3.8, 4) is 0 Å². The fraction of sp³-hybridized carbons (Fsp3) is 0.600. The van der Waals surface area contributed by atoms with Crippen LogP contribution in [0.15, 0.2) is 12.7 Å². The van der Waals surface area contributed by atoms with Crippen LogP contribution in [0.1, 0.15) is 12.6 Å². The number of aliphatic hydroxyl groups is 2. The summed E-state index contributed by atoms with van der Waals surface area (Å²) in [4.78, 5) is 23.0. The monoisotopic (exact) mass is 395 g/mol. The van der Waals surface area contributed by atoms with E-state index in [2.05, 4.69) is 15.0 Å². The van der Waals surface area contributed by atoms with E-state index < -0.39 is 45.3 Å². The molecule has 1 fully saturated rings. The Bertz CT molecular complexity index is 819. The number of nitrogens with zero attached hydrogens (tertiary/aromatic N) is 4. The summed E-state index contributed by atoms with van der Waals surface area (Å²) in [6.45, 7) is 2.02. The fourth-order valence-electron chi connectivity index (χ4n) is 3.15. The molecule has 3 rings (SSSR count). The van der Waals surface area contributed by atoms with Crippen LogP contribution in [0.5, 0.6) is 0 Å². The molecule has 2 aromatic heterocycles. The Labute approximate surface area is 156 Å². The number of hydrogen-bond acceptors (Lipinski definition) is 9. The van der Waals surface area contributed by atoms with Crippen LogP contribution in [0, 0.1) is 0 Å². The lowest BCUT2D eigenvalue weighted by atomic mass is 10.1. The van der Waals surface area contributed by atoms with E-state index in [0.29, 0.717) is 29.7 Å². The second-order valence-electron chi connectivity index (χ2n) is 6.77. The van der Waals surface area contributed by atoms with E-state index in [4.69, 9.17) is 21.3 Å². The summed E-state index contributed by atoms with van der Waals surface area (Å²) >= 11 is 0. The van der Waals surface area contributed by atoms with E-state index >= 15 is 0 Å². The van der Waals surface area contributed by atoms with Gasteiger partial charge in [-0.3, -0.25) is 9.36 Å². The molecule has 0 spiro atoms. The molecule has 0 bridgehead atoms. The molecule has 7 N–H and O–H groups in total. The van der Waals surface area contributed by atoms with Gasteiger partial charge in [0.25, 0.3) is 0 Å². The molecule has 0 aliphatic carbocycles. The van der Waals surface area contributed by atoms with Crippen molar-refractivity contribution in [2.75, 3.05) is 5.73 Å². The second kappa shape index (κ2) is 7.86. The zero-order chi connectivity index (χ0) is 19.7. The summed E-state index contributed by atoms with van der Waals surface area (Å²) in [6, 6.07) is 0.332. The molecule has 27 heavy (non-hydrogen) atoms. The zero-order valence-electron chi connectivity index (χ0n) is 14.8. The number of nitrogen functional groups attached to an aromatic ring is 1.